The summed E-state index contributed by atoms with van der Waals surface area (Å²) in [4.78, 5) is 25.6. The standard InChI is InChI=1S/C19H21NO4/c1-3-20(16-8-6-5-7-9-16)18(21)14-24-17-12-10-15(11-13-17)19(22)23-4-2/h5-13H,3-4,14H2,1-2H3. The highest BCUT2D eigenvalue weighted by Gasteiger charge is 2.14. The number of ether oxygens (including phenoxy) is 2. The zero-order chi connectivity index (χ0) is 17.4. The summed E-state index contributed by atoms with van der Waals surface area (Å²) in [6, 6.07) is 16.0. The summed E-state index contributed by atoms with van der Waals surface area (Å²) in [5.74, 6) is 0.0278. The second kappa shape index (κ2) is 8.72. The van der Waals surface area contributed by atoms with Gasteiger partial charge in [-0.15, -0.1) is 0 Å². The zero-order valence-corrected chi connectivity index (χ0v) is 13.9. The monoisotopic (exact) mass is 327 g/mol. The predicted molar refractivity (Wildman–Crippen MR) is 92.4 cm³/mol. The Morgan fingerprint density at radius 1 is 0.958 bits per heavy atom. The molecule has 24 heavy (non-hydrogen) atoms. The topological polar surface area (TPSA) is 55.8 Å². The average molecular weight is 327 g/mol. The largest absolute Gasteiger partial charge is 0.484 e. The first-order valence-electron chi connectivity index (χ1n) is 7.91. The van der Waals surface area contributed by atoms with Crippen LogP contribution in [0.5, 0.6) is 5.75 Å². The van der Waals surface area contributed by atoms with Gasteiger partial charge in [-0.3, -0.25) is 4.79 Å². The lowest BCUT2D eigenvalue weighted by atomic mass is 10.2. The molecule has 2 aromatic rings. The number of hydrogen-bond acceptors (Lipinski definition) is 4. The molecule has 0 aliphatic rings. The molecule has 126 valence electrons. The van der Waals surface area contributed by atoms with Gasteiger partial charge >= 0.3 is 5.97 Å². The van der Waals surface area contributed by atoms with Crippen molar-refractivity contribution in [3.8, 4) is 5.75 Å². The molecule has 0 aliphatic carbocycles. The van der Waals surface area contributed by atoms with E-state index in [0.29, 0.717) is 24.5 Å². The van der Waals surface area contributed by atoms with Crippen LogP contribution in [-0.2, 0) is 9.53 Å². The maximum Gasteiger partial charge on any atom is 0.338 e. The van der Waals surface area contributed by atoms with E-state index in [4.69, 9.17) is 9.47 Å². The highest BCUT2D eigenvalue weighted by Crippen LogP contribution is 2.16. The lowest BCUT2D eigenvalue weighted by molar-refractivity contribution is -0.120. The minimum absolute atomic E-state index is 0.0680. The van der Waals surface area contributed by atoms with Crippen LogP contribution in [-0.4, -0.2) is 31.6 Å². The quantitative estimate of drug-likeness (QED) is 0.732. The van der Waals surface area contributed by atoms with E-state index >= 15 is 0 Å². The van der Waals surface area contributed by atoms with Crippen molar-refractivity contribution in [1.29, 1.82) is 0 Å². The van der Waals surface area contributed by atoms with Crippen LogP contribution in [0, 0.1) is 0 Å². The first-order valence-corrected chi connectivity index (χ1v) is 7.91. The van der Waals surface area contributed by atoms with E-state index in [-0.39, 0.29) is 18.5 Å². The Balaban J connectivity index is 1.94. The summed E-state index contributed by atoms with van der Waals surface area (Å²) in [6.45, 7) is 4.50. The average Bonchev–Trinajstić information content (AvgIpc) is 2.62. The van der Waals surface area contributed by atoms with Gasteiger partial charge in [-0.05, 0) is 50.2 Å². The first kappa shape index (κ1) is 17.5. The number of para-hydroxylation sites is 1. The van der Waals surface area contributed by atoms with Crippen molar-refractivity contribution < 1.29 is 19.1 Å². The van der Waals surface area contributed by atoms with Crippen molar-refractivity contribution in [1.82, 2.24) is 0 Å². The van der Waals surface area contributed by atoms with Crippen LogP contribution >= 0.6 is 0 Å². The minimum atomic E-state index is -0.374. The Labute approximate surface area is 141 Å². The van der Waals surface area contributed by atoms with Gasteiger partial charge < -0.3 is 14.4 Å². The van der Waals surface area contributed by atoms with Crippen LogP contribution in [0.4, 0.5) is 5.69 Å². The Morgan fingerprint density at radius 3 is 2.21 bits per heavy atom. The van der Waals surface area contributed by atoms with Gasteiger partial charge in [0, 0.05) is 12.2 Å². The molecule has 0 aliphatic heterocycles. The predicted octanol–water partition coefficient (Wildman–Crippen LogP) is 3.30. The van der Waals surface area contributed by atoms with Gasteiger partial charge in [0.25, 0.3) is 5.91 Å². The van der Waals surface area contributed by atoms with Crippen LogP contribution < -0.4 is 9.64 Å². The van der Waals surface area contributed by atoms with Crippen LogP contribution in [0.15, 0.2) is 54.6 Å². The Kier molecular flexibility index (Phi) is 6.37. The molecule has 0 N–H and O–H groups in total. The Bertz CT molecular complexity index is 668. The van der Waals surface area contributed by atoms with Crippen molar-refractivity contribution in [2.45, 2.75) is 13.8 Å². The van der Waals surface area contributed by atoms with E-state index in [0.717, 1.165) is 5.69 Å². The minimum Gasteiger partial charge on any atom is -0.484 e. The van der Waals surface area contributed by atoms with Crippen LogP contribution in [0.25, 0.3) is 0 Å². The lowest BCUT2D eigenvalue weighted by Crippen LogP contribution is -2.34. The van der Waals surface area contributed by atoms with Gasteiger partial charge in [0.2, 0.25) is 0 Å². The molecule has 0 heterocycles. The van der Waals surface area contributed by atoms with E-state index in [1.165, 1.54) is 0 Å². The highest BCUT2D eigenvalue weighted by atomic mass is 16.5. The van der Waals surface area contributed by atoms with Gasteiger partial charge in [0.15, 0.2) is 6.61 Å². The van der Waals surface area contributed by atoms with E-state index < -0.39 is 0 Å². The Morgan fingerprint density at radius 2 is 1.62 bits per heavy atom. The second-order valence-electron chi connectivity index (χ2n) is 5.01. The number of likely N-dealkylation sites (N-methyl/N-ethyl adjacent to an activating group) is 1. The third kappa shape index (κ3) is 4.59. The molecular weight excluding hydrogens is 306 g/mol. The first-order chi connectivity index (χ1) is 11.7. The smallest absolute Gasteiger partial charge is 0.338 e. The number of anilines is 1. The molecule has 0 fully saturated rings. The van der Waals surface area contributed by atoms with Gasteiger partial charge in [-0.25, -0.2) is 4.79 Å². The SMILES string of the molecule is CCOC(=O)c1ccc(OCC(=O)N(CC)c2ccccc2)cc1. The van der Waals surface area contributed by atoms with E-state index in [2.05, 4.69) is 0 Å². The number of nitrogens with zero attached hydrogens (tertiary/aromatic N) is 1. The van der Waals surface area contributed by atoms with Crippen molar-refractivity contribution in [3.63, 3.8) is 0 Å². The second-order valence-corrected chi connectivity index (χ2v) is 5.01. The maximum atomic E-state index is 12.3. The molecule has 2 aromatic carbocycles. The number of rotatable bonds is 7. The molecule has 5 nitrogen and oxygen atoms in total. The summed E-state index contributed by atoms with van der Waals surface area (Å²) < 4.78 is 10.4. The highest BCUT2D eigenvalue weighted by molar-refractivity contribution is 5.94. The van der Waals surface area contributed by atoms with Crippen LogP contribution in [0.2, 0.25) is 0 Å². The summed E-state index contributed by atoms with van der Waals surface area (Å²) >= 11 is 0. The molecule has 0 saturated heterocycles. The number of carbonyl (C=O) groups is 2. The fourth-order valence-electron chi connectivity index (χ4n) is 2.24. The van der Waals surface area contributed by atoms with Crippen molar-refractivity contribution >= 4 is 17.6 Å². The summed E-state index contributed by atoms with van der Waals surface area (Å²) in [7, 11) is 0. The molecule has 0 atom stereocenters. The summed E-state index contributed by atoms with van der Waals surface area (Å²) in [6.07, 6.45) is 0. The van der Waals surface area contributed by atoms with E-state index in [1.54, 1.807) is 36.1 Å². The van der Waals surface area contributed by atoms with Crippen molar-refractivity contribution in [2.24, 2.45) is 0 Å². The molecule has 1 amide bonds. The summed E-state index contributed by atoms with van der Waals surface area (Å²) in [5.41, 5.74) is 1.29. The molecule has 5 heteroatoms. The Hall–Kier alpha value is -2.82. The fourth-order valence-corrected chi connectivity index (χ4v) is 2.24. The molecule has 0 unspecified atom stereocenters. The zero-order valence-electron chi connectivity index (χ0n) is 13.9. The number of benzene rings is 2. The number of amides is 1. The van der Waals surface area contributed by atoms with E-state index in [9.17, 15) is 9.59 Å². The lowest BCUT2D eigenvalue weighted by Gasteiger charge is -2.21. The van der Waals surface area contributed by atoms with Gasteiger partial charge in [-0.1, -0.05) is 18.2 Å². The number of esters is 1. The molecule has 2 rings (SSSR count). The third-order valence-corrected chi connectivity index (χ3v) is 3.41. The summed E-state index contributed by atoms with van der Waals surface area (Å²) in [5, 5.41) is 0. The van der Waals surface area contributed by atoms with Crippen molar-refractivity contribution in [2.75, 3.05) is 24.7 Å². The van der Waals surface area contributed by atoms with Gasteiger partial charge in [0.1, 0.15) is 5.75 Å². The molecule has 0 bridgehead atoms. The molecule has 0 spiro atoms. The number of hydrogen-bond donors (Lipinski definition) is 0. The van der Waals surface area contributed by atoms with Crippen LogP contribution in [0.3, 0.4) is 0 Å². The molecular formula is C19H21NO4. The normalized spacial score (nSPS) is 10.1. The molecule has 0 aromatic heterocycles. The third-order valence-electron chi connectivity index (χ3n) is 3.41. The van der Waals surface area contributed by atoms with Crippen LogP contribution in [0.1, 0.15) is 24.2 Å². The fraction of sp³-hybridized carbons (Fsp3) is 0.263. The van der Waals surface area contributed by atoms with Crippen molar-refractivity contribution in [3.05, 3.63) is 60.2 Å². The molecule has 0 saturated carbocycles. The number of carbonyl (C=O) groups excluding carboxylic acids is 2. The van der Waals surface area contributed by atoms with Gasteiger partial charge in [-0.2, -0.15) is 0 Å². The van der Waals surface area contributed by atoms with Gasteiger partial charge in [0.05, 0.1) is 12.2 Å². The molecule has 0 radical (unpaired) electrons. The maximum absolute atomic E-state index is 12.3. The van der Waals surface area contributed by atoms with E-state index in [1.807, 2.05) is 37.3 Å².